The summed E-state index contributed by atoms with van der Waals surface area (Å²) in [5.41, 5.74) is 1.71. The van der Waals surface area contributed by atoms with Crippen molar-refractivity contribution in [2.24, 2.45) is 5.92 Å². The Bertz CT molecular complexity index is 946. The molecule has 0 aliphatic carbocycles. The molecule has 0 spiro atoms. The van der Waals surface area contributed by atoms with Crippen molar-refractivity contribution in [3.8, 4) is 10.6 Å². The normalized spacial score (nSPS) is 12.0. The average molecular weight is 449 g/mol. The first-order valence-corrected chi connectivity index (χ1v) is 10.9. The number of thiophene rings is 1. The minimum absolute atomic E-state index is 0.0962. The van der Waals surface area contributed by atoms with Gasteiger partial charge in [-0.2, -0.15) is 0 Å². The third-order valence-electron chi connectivity index (χ3n) is 4.20. The van der Waals surface area contributed by atoms with Crippen molar-refractivity contribution in [1.29, 1.82) is 0 Å². The Hall–Kier alpha value is -2.15. The van der Waals surface area contributed by atoms with E-state index in [1.807, 2.05) is 47.8 Å². The van der Waals surface area contributed by atoms with E-state index in [1.54, 1.807) is 11.3 Å². The SMILES string of the molecule is CC(C)C[C@@H](Nc1cc(-c2cccs2)nc(Cl)n1)C(=O)NCc1ccc(Cl)cc1. The van der Waals surface area contributed by atoms with Crippen molar-refractivity contribution in [3.05, 3.63) is 63.7 Å². The highest BCUT2D eigenvalue weighted by Gasteiger charge is 2.21. The Morgan fingerprint density at radius 3 is 2.55 bits per heavy atom. The predicted octanol–water partition coefficient (Wildman–Crippen LogP) is 5.65. The summed E-state index contributed by atoms with van der Waals surface area (Å²) in [5, 5.41) is 9.00. The minimum Gasteiger partial charge on any atom is -0.358 e. The van der Waals surface area contributed by atoms with E-state index in [0.29, 0.717) is 29.7 Å². The molecule has 0 fully saturated rings. The molecule has 0 radical (unpaired) electrons. The van der Waals surface area contributed by atoms with Crippen molar-refractivity contribution in [2.75, 3.05) is 5.32 Å². The lowest BCUT2D eigenvalue weighted by molar-refractivity contribution is -0.122. The van der Waals surface area contributed by atoms with Crippen molar-refractivity contribution in [2.45, 2.75) is 32.9 Å². The minimum atomic E-state index is -0.440. The molecule has 2 heterocycles. The van der Waals surface area contributed by atoms with Crippen LogP contribution in [0.2, 0.25) is 10.3 Å². The molecule has 2 aromatic heterocycles. The Morgan fingerprint density at radius 1 is 1.14 bits per heavy atom. The monoisotopic (exact) mass is 448 g/mol. The summed E-state index contributed by atoms with van der Waals surface area (Å²) in [4.78, 5) is 22.4. The standard InChI is InChI=1S/C21H22Cl2N4OS/c1-13(2)10-17(20(28)24-12-14-5-7-15(22)8-6-14)25-19-11-16(26-21(23)27-19)18-4-3-9-29-18/h3-9,11,13,17H,10,12H2,1-2H3,(H,24,28)(H,25,26,27)/t17-/m1/s1. The largest absolute Gasteiger partial charge is 0.358 e. The molecule has 29 heavy (non-hydrogen) atoms. The number of amides is 1. The van der Waals surface area contributed by atoms with Gasteiger partial charge in [-0.3, -0.25) is 4.79 Å². The summed E-state index contributed by atoms with van der Waals surface area (Å²) >= 11 is 13.6. The van der Waals surface area contributed by atoms with E-state index in [-0.39, 0.29) is 11.2 Å². The van der Waals surface area contributed by atoms with Gasteiger partial charge in [0.1, 0.15) is 11.9 Å². The first kappa shape index (κ1) is 21.6. The molecule has 8 heteroatoms. The Kier molecular flexibility index (Phi) is 7.47. The summed E-state index contributed by atoms with van der Waals surface area (Å²) < 4.78 is 0. The number of aromatic nitrogens is 2. The van der Waals surface area contributed by atoms with Crippen molar-refractivity contribution in [1.82, 2.24) is 15.3 Å². The van der Waals surface area contributed by atoms with Gasteiger partial charge in [-0.15, -0.1) is 11.3 Å². The van der Waals surface area contributed by atoms with Crippen LogP contribution in [-0.4, -0.2) is 21.9 Å². The lowest BCUT2D eigenvalue weighted by atomic mass is 10.0. The Morgan fingerprint density at radius 2 is 1.90 bits per heavy atom. The smallest absolute Gasteiger partial charge is 0.242 e. The second-order valence-corrected chi connectivity index (χ2v) is 8.78. The number of anilines is 1. The molecule has 0 aliphatic rings. The Labute approximate surface area is 184 Å². The van der Waals surface area contributed by atoms with Crippen LogP contribution in [0.3, 0.4) is 0 Å². The van der Waals surface area contributed by atoms with Crippen molar-refractivity contribution < 1.29 is 4.79 Å². The molecule has 0 saturated carbocycles. The molecule has 5 nitrogen and oxygen atoms in total. The zero-order chi connectivity index (χ0) is 20.8. The van der Waals surface area contributed by atoms with E-state index in [4.69, 9.17) is 23.2 Å². The van der Waals surface area contributed by atoms with Gasteiger partial charge in [0.25, 0.3) is 0 Å². The molecule has 3 aromatic rings. The van der Waals surface area contributed by atoms with Crippen LogP contribution in [0.25, 0.3) is 10.6 Å². The third kappa shape index (κ3) is 6.42. The van der Waals surface area contributed by atoms with E-state index in [0.717, 1.165) is 16.1 Å². The Balaban J connectivity index is 1.73. The highest BCUT2D eigenvalue weighted by molar-refractivity contribution is 7.13. The molecule has 0 bridgehead atoms. The molecule has 1 amide bonds. The summed E-state index contributed by atoms with van der Waals surface area (Å²) in [6, 6.07) is 12.7. The van der Waals surface area contributed by atoms with Gasteiger partial charge in [-0.25, -0.2) is 9.97 Å². The predicted molar refractivity (Wildman–Crippen MR) is 121 cm³/mol. The fourth-order valence-corrected chi connectivity index (χ4v) is 3.83. The van der Waals surface area contributed by atoms with Gasteiger partial charge < -0.3 is 10.6 Å². The molecule has 1 atom stereocenters. The second kappa shape index (κ2) is 10.1. The maximum absolute atomic E-state index is 12.8. The number of nitrogens with zero attached hydrogens (tertiary/aromatic N) is 2. The number of carbonyl (C=O) groups excluding carboxylic acids is 1. The number of hydrogen-bond donors (Lipinski definition) is 2. The second-order valence-electron chi connectivity index (χ2n) is 7.06. The zero-order valence-electron chi connectivity index (χ0n) is 16.2. The average Bonchev–Trinajstić information content (AvgIpc) is 3.21. The lowest BCUT2D eigenvalue weighted by Gasteiger charge is -2.21. The van der Waals surface area contributed by atoms with Crippen LogP contribution in [0.4, 0.5) is 5.82 Å². The highest BCUT2D eigenvalue weighted by atomic mass is 35.5. The zero-order valence-corrected chi connectivity index (χ0v) is 18.5. The van der Waals surface area contributed by atoms with Gasteiger partial charge >= 0.3 is 0 Å². The van der Waals surface area contributed by atoms with Gasteiger partial charge in [-0.05, 0) is 53.1 Å². The molecule has 3 rings (SSSR count). The molecule has 1 aromatic carbocycles. The fourth-order valence-electron chi connectivity index (χ4n) is 2.84. The molecular formula is C21H22Cl2N4OS. The summed E-state index contributed by atoms with van der Waals surface area (Å²) in [6.07, 6.45) is 0.655. The number of halogens is 2. The van der Waals surface area contributed by atoms with Crippen molar-refractivity contribution >= 4 is 46.3 Å². The van der Waals surface area contributed by atoms with Gasteiger partial charge in [0.05, 0.1) is 10.6 Å². The van der Waals surface area contributed by atoms with Gasteiger partial charge in [0.15, 0.2) is 0 Å². The van der Waals surface area contributed by atoms with Gasteiger partial charge in [0.2, 0.25) is 11.2 Å². The summed E-state index contributed by atoms with van der Waals surface area (Å²) in [6.45, 7) is 4.58. The van der Waals surface area contributed by atoms with Gasteiger partial charge in [-0.1, -0.05) is 43.6 Å². The van der Waals surface area contributed by atoms with Crippen LogP contribution >= 0.6 is 34.5 Å². The van der Waals surface area contributed by atoms with E-state index in [1.165, 1.54) is 0 Å². The van der Waals surface area contributed by atoms with Gasteiger partial charge in [0, 0.05) is 17.6 Å². The first-order valence-electron chi connectivity index (χ1n) is 9.28. The summed E-state index contributed by atoms with van der Waals surface area (Å²) in [5.74, 6) is 0.754. The van der Waals surface area contributed by atoms with E-state index < -0.39 is 6.04 Å². The van der Waals surface area contributed by atoms with Crippen LogP contribution < -0.4 is 10.6 Å². The number of rotatable bonds is 8. The lowest BCUT2D eigenvalue weighted by Crippen LogP contribution is -2.40. The van der Waals surface area contributed by atoms with E-state index >= 15 is 0 Å². The molecule has 0 unspecified atom stereocenters. The maximum atomic E-state index is 12.8. The number of carbonyl (C=O) groups is 1. The quantitative estimate of drug-likeness (QED) is 0.436. The van der Waals surface area contributed by atoms with Crippen LogP contribution in [0.1, 0.15) is 25.8 Å². The molecule has 0 aliphatic heterocycles. The van der Waals surface area contributed by atoms with E-state index in [9.17, 15) is 4.79 Å². The van der Waals surface area contributed by atoms with Crippen LogP contribution in [0, 0.1) is 5.92 Å². The number of nitrogens with one attached hydrogen (secondary N) is 2. The number of hydrogen-bond acceptors (Lipinski definition) is 5. The van der Waals surface area contributed by atoms with Crippen LogP contribution in [0.15, 0.2) is 47.8 Å². The fraction of sp³-hybridized carbons (Fsp3) is 0.286. The molecule has 152 valence electrons. The number of benzene rings is 1. The van der Waals surface area contributed by atoms with Crippen LogP contribution in [0.5, 0.6) is 0 Å². The molecular weight excluding hydrogens is 427 g/mol. The molecule has 2 N–H and O–H groups in total. The van der Waals surface area contributed by atoms with Crippen LogP contribution in [-0.2, 0) is 11.3 Å². The molecule has 0 saturated heterocycles. The first-order chi connectivity index (χ1) is 13.9. The highest BCUT2D eigenvalue weighted by Crippen LogP contribution is 2.26. The van der Waals surface area contributed by atoms with Crippen molar-refractivity contribution in [3.63, 3.8) is 0 Å². The van der Waals surface area contributed by atoms with E-state index in [2.05, 4.69) is 34.4 Å². The third-order valence-corrected chi connectivity index (χ3v) is 5.51. The summed E-state index contributed by atoms with van der Waals surface area (Å²) in [7, 11) is 0. The maximum Gasteiger partial charge on any atom is 0.242 e. The topological polar surface area (TPSA) is 66.9 Å².